The van der Waals surface area contributed by atoms with E-state index in [-0.39, 0.29) is 4.90 Å². The van der Waals surface area contributed by atoms with E-state index in [0.717, 1.165) is 29.9 Å². The van der Waals surface area contributed by atoms with Crippen molar-refractivity contribution in [3.63, 3.8) is 0 Å². The van der Waals surface area contributed by atoms with E-state index in [1.165, 1.54) is 12.1 Å². The third-order valence-electron chi connectivity index (χ3n) is 3.23. The van der Waals surface area contributed by atoms with Gasteiger partial charge in [-0.2, -0.15) is 0 Å². The van der Waals surface area contributed by atoms with Gasteiger partial charge in [0.25, 0.3) is 0 Å². The SMILES string of the molecule is NS(=O)(=O)c1ccc(CNC2CCS(=O)CC2)cc1. The molecule has 3 N–H and O–H groups in total. The van der Waals surface area contributed by atoms with E-state index in [2.05, 4.69) is 5.32 Å². The highest BCUT2D eigenvalue weighted by Crippen LogP contribution is 2.12. The Morgan fingerprint density at radius 1 is 1.21 bits per heavy atom. The van der Waals surface area contributed by atoms with Gasteiger partial charge in [-0.05, 0) is 30.5 Å². The van der Waals surface area contributed by atoms with Crippen LogP contribution in [0.1, 0.15) is 18.4 Å². The lowest BCUT2D eigenvalue weighted by molar-refractivity contribution is 0.475. The highest BCUT2D eigenvalue weighted by atomic mass is 32.2. The number of rotatable bonds is 4. The van der Waals surface area contributed by atoms with Crippen LogP contribution in [0.25, 0.3) is 0 Å². The smallest absolute Gasteiger partial charge is 0.238 e. The Bertz CT molecular complexity index is 545. The van der Waals surface area contributed by atoms with Gasteiger partial charge in [-0.3, -0.25) is 4.21 Å². The molecule has 0 aliphatic carbocycles. The fourth-order valence-corrected chi connectivity index (χ4v) is 3.87. The van der Waals surface area contributed by atoms with Crippen molar-refractivity contribution in [3.8, 4) is 0 Å². The first-order chi connectivity index (χ1) is 8.95. The van der Waals surface area contributed by atoms with E-state index in [1.807, 2.05) is 0 Å². The molecule has 1 aliphatic rings. The molecule has 0 radical (unpaired) electrons. The molecule has 1 aromatic rings. The Labute approximate surface area is 116 Å². The maximum atomic E-state index is 11.2. The summed E-state index contributed by atoms with van der Waals surface area (Å²) in [6, 6.07) is 6.95. The summed E-state index contributed by atoms with van der Waals surface area (Å²) in [5.74, 6) is 1.53. The minimum atomic E-state index is -3.62. The van der Waals surface area contributed by atoms with Gasteiger partial charge in [-0.15, -0.1) is 0 Å². The molecule has 1 aromatic carbocycles. The van der Waals surface area contributed by atoms with Crippen molar-refractivity contribution in [3.05, 3.63) is 29.8 Å². The predicted molar refractivity (Wildman–Crippen MR) is 75.6 cm³/mol. The van der Waals surface area contributed by atoms with Crippen LogP contribution >= 0.6 is 0 Å². The van der Waals surface area contributed by atoms with E-state index < -0.39 is 20.8 Å². The molecular weight excluding hydrogens is 284 g/mol. The second-order valence-electron chi connectivity index (χ2n) is 4.69. The highest BCUT2D eigenvalue weighted by Gasteiger charge is 2.17. The van der Waals surface area contributed by atoms with Gasteiger partial charge in [-0.1, -0.05) is 12.1 Å². The van der Waals surface area contributed by atoms with E-state index in [9.17, 15) is 12.6 Å². The van der Waals surface area contributed by atoms with Crippen molar-refractivity contribution >= 4 is 20.8 Å². The Morgan fingerprint density at radius 3 is 2.32 bits per heavy atom. The van der Waals surface area contributed by atoms with Crippen LogP contribution in [0.2, 0.25) is 0 Å². The first kappa shape index (κ1) is 14.6. The number of primary sulfonamides is 1. The molecule has 0 bridgehead atoms. The van der Waals surface area contributed by atoms with Crippen LogP contribution in [0.5, 0.6) is 0 Å². The van der Waals surface area contributed by atoms with Gasteiger partial charge in [-0.25, -0.2) is 13.6 Å². The molecule has 1 saturated heterocycles. The van der Waals surface area contributed by atoms with E-state index in [1.54, 1.807) is 12.1 Å². The molecule has 1 heterocycles. The summed E-state index contributed by atoms with van der Waals surface area (Å²) < 4.78 is 33.5. The second-order valence-corrected chi connectivity index (χ2v) is 7.95. The molecule has 7 heteroatoms. The summed E-state index contributed by atoms with van der Waals surface area (Å²) in [7, 11) is -4.26. The van der Waals surface area contributed by atoms with Crippen molar-refractivity contribution in [2.45, 2.75) is 30.3 Å². The molecule has 0 amide bonds. The molecular formula is C12H18N2O3S2. The molecule has 2 rings (SSSR count). The molecule has 0 unspecified atom stereocenters. The topological polar surface area (TPSA) is 89.3 Å². The van der Waals surface area contributed by atoms with Crippen LogP contribution in [-0.2, 0) is 27.4 Å². The first-order valence-electron chi connectivity index (χ1n) is 6.15. The Kier molecular flexibility index (Phi) is 4.72. The zero-order valence-corrected chi connectivity index (χ0v) is 12.2. The third kappa shape index (κ3) is 4.38. The summed E-state index contributed by atoms with van der Waals surface area (Å²) >= 11 is 0. The monoisotopic (exact) mass is 302 g/mol. The summed E-state index contributed by atoms with van der Waals surface area (Å²) in [5, 5.41) is 8.44. The zero-order chi connectivity index (χ0) is 13.9. The Balaban J connectivity index is 1.88. The standard InChI is InChI=1S/C12H18N2O3S2/c13-19(16,17)12-3-1-10(2-4-12)9-14-11-5-7-18(15)8-6-11/h1-4,11,14H,5-9H2,(H2,13,16,17). The maximum Gasteiger partial charge on any atom is 0.238 e. The Morgan fingerprint density at radius 2 is 1.79 bits per heavy atom. The Hall–Kier alpha value is -0.760. The number of nitrogens with one attached hydrogen (secondary N) is 1. The van der Waals surface area contributed by atoms with Crippen LogP contribution in [0.15, 0.2) is 29.2 Å². The minimum absolute atomic E-state index is 0.129. The minimum Gasteiger partial charge on any atom is -0.310 e. The predicted octanol–water partition coefficient (Wildman–Crippen LogP) is 0.335. The fraction of sp³-hybridized carbons (Fsp3) is 0.500. The highest BCUT2D eigenvalue weighted by molar-refractivity contribution is 7.89. The lowest BCUT2D eigenvalue weighted by atomic mass is 10.1. The van der Waals surface area contributed by atoms with Crippen molar-refractivity contribution in [1.29, 1.82) is 0 Å². The van der Waals surface area contributed by atoms with Crippen LogP contribution in [0, 0.1) is 0 Å². The lowest BCUT2D eigenvalue weighted by Gasteiger charge is -2.22. The molecule has 1 fully saturated rings. The largest absolute Gasteiger partial charge is 0.310 e. The molecule has 5 nitrogen and oxygen atoms in total. The number of hydrogen-bond acceptors (Lipinski definition) is 4. The van der Waals surface area contributed by atoms with Gasteiger partial charge in [0.1, 0.15) is 0 Å². The summed E-state index contributed by atoms with van der Waals surface area (Å²) in [6.45, 7) is 0.683. The average Bonchev–Trinajstić information content (AvgIpc) is 2.37. The van der Waals surface area contributed by atoms with Crippen molar-refractivity contribution in [1.82, 2.24) is 5.32 Å². The van der Waals surface area contributed by atoms with Crippen molar-refractivity contribution in [2.24, 2.45) is 5.14 Å². The molecule has 106 valence electrons. The van der Waals surface area contributed by atoms with Gasteiger partial charge in [0, 0.05) is 34.9 Å². The molecule has 0 spiro atoms. The molecule has 0 saturated carbocycles. The van der Waals surface area contributed by atoms with E-state index in [0.29, 0.717) is 12.6 Å². The molecule has 1 aliphatic heterocycles. The second kappa shape index (κ2) is 6.13. The van der Waals surface area contributed by atoms with E-state index in [4.69, 9.17) is 5.14 Å². The number of sulfonamides is 1. The summed E-state index contributed by atoms with van der Waals surface area (Å²) in [6.07, 6.45) is 1.86. The quantitative estimate of drug-likeness (QED) is 0.839. The molecule has 0 aromatic heterocycles. The fourth-order valence-electron chi connectivity index (χ4n) is 2.06. The summed E-state index contributed by atoms with van der Waals surface area (Å²) in [4.78, 5) is 0.129. The zero-order valence-electron chi connectivity index (χ0n) is 10.5. The van der Waals surface area contributed by atoms with Crippen LogP contribution in [0.4, 0.5) is 0 Å². The van der Waals surface area contributed by atoms with Gasteiger partial charge >= 0.3 is 0 Å². The third-order valence-corrected chi connectivity index (χ3v) is 5.55. The number of benzene rings is 1. The summed E-state index contributed by atoms with van der Waals surface area (Å²) in [5.41, 5.74) is 1.01. The van der Waals surface area contributed by atoms with Crippen LogP contribution < -0.4 is 10.5 Å². The average molecular weight is 302 g/mol. The van der Waals surface area contributed by atoms with Crippen LogP contribution in [0.3, 0.4) is 0 Å². The normalized spacial score (nSPS) is 24.3. The van der Waals surface area contributed by atoms with Crippen molar-refractivity contribution in [2.75, 3.05) is 11.5 Å². The van der Waals surface area contributed by atoms with E-state index >= 15 is 0 Å². The lowest BCUT2D eigenvalue weighted by Crippen LogP contribution is -2.35. The van der Waals surface area contributed by atoms with Gasteiger partial charge < -0.3 is 5.32 Å². The molecule has 19 heavy (non-hydrogen) atoms. The maximum absolute atomic E-state index is 11.2. The van der Waals surface area contributed by atoms with Gasteiger partial charge in [0.05, 0.1) is 4.90 Å². The first-order valence-corrected chi connectivity index (χ1v) is 9.19. The van der Waals surface area contributed by atoms with Crippen molar-refractivity contribution < 1.29 is 12.6 Å². The van der Waals surface area contributed by atoms with Gasteiger partial charge in [0.2, 0.25) is 10.0 Å². The van der Waals surface area contributed by atoms with Crippen LogP contribution in [-0.4, -0.2) is 30.2 Å². The molecule has 0 atom stereocenters. The number of hydrogen-bond donors (Lipinski definition) is 2. The van der Waals surface area contributed by atoms with Gasteiger partial charge in [0.15, 0.2) is 0 Å². The number of nitrogens with two attached hydrogens (primary N) is 1.